The molecule has 0 aliphatic rings. The summed E-state index contributed by atoms with van der Waals surface area (Å²) in [5.41, 5.74) is 3.13. The van der Waals surface area contributed by atoms with E-state index >= 15 is 0 Å². The van der Waals surface area contributed by atoms with Crippen LogP contribution < -0.4 is 5.32 Å². The normalized spacial score (nSPS) is 11.1. The Morgan fingerprint density at radius 2 is 1.93 bits per heavy atom. The Bertz CT molecular complexity index is 1270. The Morgan fingerprint density at radius 1 is 0.963 bits per heavy atom. The van der Waals surface area contributed by atoms with Gasteiger partial charge in [0.15, 0.2) is 5.76 Å². The summed E-state index contributed by atoms with van der Waals surface area (Å²) in [6.07, 6.45) is 7.10. The molecule has 27 heavy (non-hydrogen) atoms. The van der Waals surface area contributed by atoms with Gasteiger partial charge in [0.05, 0.1) is 11.2 Å². The van der Waals surface area contributed by atoms with Crippen LogP contribution >= 0.6 is 0 Å². The first-order chi connectivity index (χ1) is 13.3. The lowest BCUT2D eigenvalue weighted by molar-refractivity contribution is 0.546. The summed E-state index contributed by atoms with van der Waals surface area (Å²) in [7, 11) is 0. The average molecular weight is 353 g/mol. The molecule has 0 radical (unpaired) electrons. The fraction of sp³-hybridized carbons (Fsp3) is 0.0476. The summed E-state index contributed by atoms with van der Waals surface area (Å²) >= 11 is 0. The van der Waals surface area contributed by atoms with Crippen molar-refractivity contribution in [1.29, 1.82) is 0 Å². The zero-order valence-corrected chi connectivity index (χ0v) is 14.5. The van der Waals surface area contributed by atoms with Crippen molar-refractivity contribution in [2.45, 2.75) is 6.92 Å². The van der Waals surface area contributed by atoms with Crippen LogP contribution in [-0.4, -0.2) is 19.9 Å². The maximum atomic E-state index is 5.76. The summed E-state index contributed by atoms with van der Waals surface area (Å²) in [5.74, 6) is 2.31. The molecule has 6 nitrogen and oxygen atoms in total. The minimum absolute atomic E-state index is 0.719. The van der Waals surface area contributed by atoms with Crippen molar-refractivity contribution >= 4 is 33.3 Å². The second-order valence-electron chi connectivity index (χ2n) is 6.22. The SMILES string of the molecule is Cc1ccc(-c2cc(Nc3nccc4cnccc34)c3ncccc3n2)o1. The minimum Gasteiger partial charge on any atom is -0.460 e. The first-order valence-corrected chi connectivity index (χ1v) is 8.56. The highest BCUT2D eigenvalue weighted by Crippen LogP contribution is 2.31. The Morgan fingerprint density at radius 3 is 2.81 bits per heavy atom. The van der Waals surface area contributed by atoms with Gasteiger partial charge in [0.25, 0.3) is 0 Å². The molecule has 0 fully saturated rings. The first-order valence-electron chi connectivity index (χ1n) is 8.56. The predicted molar refractivity (Wildman–Crippen MR) is 105 cm³/mol. The Hall–Kier alpha value is -3.80. The highest BCUT2D eigenvalue weighted by atomic mass is 16.3. The Balaban J connectivity index is 1.69. The van der Waals surface area contributed by atoms with Gasteiger partial charge in [-0.25, -0.2) is 9.97 Å². The average Bonchev–Trinajstić information content (AvgIpc) is 3.15. The number of furan rings is 1. The first kappa shape index (κ1) is 15.5. The van der Waals surface area contributed by atoms with Crippen molar-refractivity contribution in [2.75, 3.05) is 5.32 Å². The van der Waals surface area contributed by atoms with Gasteiger partial charge in [0.1, 0.15) is 22.8 Å². The number of aromatic nitrogens is 4. The summed E-state index contributed by atoms with van der Waals surface area (Å²) in [6, 6.07) is 13.5. The molecule has 5 heterocycles. The number of fused-ring (bicyclic) bond motifs is 2. The van der Waals surface area contributed by atoms with E-state index in [2.05, 4.69) is 20.3 Å². The maximum Gasteiger partial charge on any atom is 0.152 e. The molecule has 0 aromatic carbocycles. The van der Waals surface area contributed by atoms with Gasteiger partial charge >= 0.3 is 0 Å². The van der Waals surface area contributed by atoms with E-state index in [9.17, 15) is 0 Å². The molecule has 0 aliphatic heterocycles. The smallest absolute Gasteiger partial charge is 0.152 e. The van der Waals surface area contributed by atoms with Crippen molar-refractivity contribution in [1.82, 2.24) is 19.9 Å². The van der Waals surface area contributed by atoms with Crippen LogP contribution in [0.5, 0.6) is 0 Å². The van der Waals surface area contributed by atoms with Crippen LogP contribution in [0.25, 0.3) is 33.3 Å². The quantitative estimate of drug-likeness (QED) is 0.498. The topological polar surface area (TPSA) is 76.7 Å². The van der Waals surface area contributed by atoms with Crippen LogP contribution in [0.1, 0.15) is 5.76 Å². The molecule has 0 aliphatic carbocycles. The van der Waals surface area contributed by atoms with E-state index in [0.717, 1.165) is 50.5 Å². The molecule has 6 heteroatoms. The van der Waals surface area contributed by atoms with Gasteiger partial charge in [0.2, 0.25) is 0 Å². The lowest BCUT2D eigenvalue weighted by Crippen LogP contribution is -1.98. The molecular formula is C21H15N5O. The van der Waals surface area contributed by atoms with Crippen LogP contribution in [0.3, 0.4) is 0 Å². The fourth-order valence-corrected chi connectivity index (χ4v) is 3.10. The minimum atomic E-state index is 0.719. The third-order valence-electron chi connectivity index (χ3n) is 4.37. The lowest BCUT2D eigenvalue weighted by Gasteiger charge is -2.11. The zero-order chi connectivity index (χ0) is 18.2. The van der Waals surface area contributed by atoms with Crippen LogP contribution in [0.2, 0.25) is 0 Å². The van der Waals surface area contributed by atoms with Gasteiger partial charge in [-0.3, -0.25) is 9.97 Å². The largest absolute Gasteiger partial charge is 0.460 e. The number of aryl methyl sites for hydroxylation is 1. The van der Waals surface area contributed by atoms with Gasteiger partial charge < -0.3 is 9.73 Å². The number of pyridine rings is 4. The molecular weight excluding hydrogens is 338 g/mol. The van der Waals surface area contributed by atoms with Gasteiger partial charge in [-0.05, 0) is 49.4 Å². The van der Waals surface area contributed by atoms with Crippen LogP contribution in [0, 0.1) is 6.92 Å². The predicted octanol–water partition coefficient (Wildman–Crippen LogP) is 4.89. The van der Waals surface area contributed by atoms with Crippen LogP contribution in [0.4, 0.5) is 11.5 Å². The summed E-state index contributed by atoms with van der Waals surface area (Å²) in [6.45, 7) is 1.92. The summed E-state index contributed by atoms with van der Waals surface area (Å²) < 4.78 is 5.76. The van der Waals surface area contributed by atoms with E-state index in [-0.39, 0.29) is 0 Å². The molecule has 0 spiro atoms. The van der Waals surface area contributed by atoms with Crippen LogP contribution in [0.15, 0.2) is 71.7 Å². The van der Waals surface area contributed by atoms with E-state index in [4.69, 9.17) is 9.40 Å². The highest BCUT2D eigenvalue weighted by molar-refractivity contribution is 5.97. The molecule has 5 rings (SSSR count). The number of hydrogen-bond acceptors (Lipinski definition) is 6. The molecule has 0 amide bonds. The number of nitrogens with one attached hydrogen (secondary N) is 1. The fourth-order valence-electron chi connectivity index (χ4n) is 3.10. The van der Waals surface area contributed by atoms with Crippen molar-refractivity contribution in [3.8, 4) is 11.5 Å². The molecule has 0 saturated carbocycles. The van der Waals surface area contributed by atoms with Crippen molar-refractivity contribution in [3.63, 3.8) is 0 Å². The second kappa shape index (κ2) is 6.17. The molecule has 130 valence electrons. The standard InChI is InChI=1S/C21H15N5O/c1-13-4-5-19(27-13)17-11-18(20-16(25-17)3-2-8-23-20)26-21-15-7-9-22-12-14(15)6-10-24-21/h2-12H,1H3,(H,24,25,26). The summed E-state index contributed by atoms with van der Waals surface area (Å²) in [4.78, 5) is 17.9. The van der Waals surface area contributed by atoms with Crippen molar-refractivity contribution < 1.29 is 4.42 Å². The van der Waals surface area contributed by atoms with Gasteiger partial charge in [-0.15, -0.1) is 0 Å². The lowest BCUT2D eigenvalue weighted by atomic mass is 10.2. The van der Waals surface area contributed by atoms with E-state index in [0.29, 0.717) is 0 Å². The molecule has 0 unspecified atom stereocenters. The van der Waals surface area contributed by atoms with Gasteiger partial charge in [0, 0.05) is 35.6 Å². The van der Waals surface area contributed by atoms with Crippen LogP contribution in [-0.2, 0) is 0 Å². The Kier molecular flexibility index (Phi) is 3.53. The zero-order valence-electron chi connectivity index (χ0n) is 14.5. The van der Waals surface area contributed by atoms with E-state index < -0.39 is 0 Å². The number of hydrogen-bond donors (Lipinski definition) is 1. The van der Waals surface area contributed by atoms with E-state index in [1.807, 2.05) is 55.6 Å². The second-order valence-corrected chi connectivity index (χ2v) is 6.22. The molecule has 5 aromatic heterocycles. The monoisotopic (exact) mass is 353 g/mol. The van der Waals surface area contributed by atoms with Crippen molar-refractivity contribution in [3.05, 3.63) is 73.0 Å². The number of anilines is 2. The molecule has 0 saturated heterocycles. The highest BCUT2D eigenvalue weighted by Gasteiger charge is 2.12. The molecule has 0 atom stereocenters. The molecule has 1 N–H and O–H groups in total. The van der Waals surface area contributed by atoms with Gasteiger partial charge in [-0.1, -0.05) is 0 Å². The molecule has 0 bridgehead atoms. The third kappa shape index (κ3) is 2.77. The van der Waals surface area contributed by atoms with E-state index in [1.54, 1.807) is 18.6 Å². The van der Waals surface area contributed by atoms with E-state index in [1.165, 1.54) is 0 Å². The maximum absolute atomic E-state index is 5.76. The Labute approximate surface area is 154 Å². The van der Waals surface area contributed by atoms with Crippen molar-refractivity contribution in [2.24, 2.45) is 0 Å². The molecule has 5 aromatic rings. The number of nitrogens with zero attached hydrogens (tertiary/aromatic N) is 4. The van der Waals surface area contributed by atoms with Gasteiger partial charge in [-0.2, -0.15) is 0 Å². The number of rotatable bonds is 3. The third-order valence-corrected chi connectivity index (χ3v) is 4.37. The summed E-state index contributed by atoms with van der Waals surface area (Å²) in [5, 5.41) is 5.43.